The fraction of sp³-hybridized carbons (Fsp3) is 0.412. The Morgan fingerprint density at radius 1 is 1.07 bits per heavy atom. The average molecular weight is 635 g/mol. The Kier molecular flexibility index (Phi) is 10.7. The second-order valence-electron chi connectivity index (χ2n) is 11.6. The molecule has 0 aliphatic carbocycles. The fourth-order valence-corrected chi connectivity index (χ4v) is 5.62. The van der Waals surface area contributed by atoms with E-state index < -0.39 is 5.60 Å². The number of anilines is 1. The number of nitrogens with one attached hydrogen (secondary N) is 2. The summed E-state index contributed by atoms with van der Waals surface area (Å²) in [7, 11) is 3.74. The second-order valence-corrected chi connectivity index (χ2v) is 12.0. The lowest BCUT2D eigenvalue weighted by Gasteiger charge is -2.29. The molecule has 4 aromatic rings. The van der Waals surface area contributed by atoms with E-state index in [4.69, 9.17) is 20.8 Å². The van der Waals surface area contributed by atoms with Crippen molar-refractivity contribution in [2.75, 3.05) is 18.9 Å². The molecule has 2 aromatic carbocycles. The molecule has 0 saturated carbocycles. The summed E-state index contributed by atoms with van der Waals surface area (Å²) in [5, 5.41) is 7.11. The normalized spacial score (nSPS) is 13.5. The third-order valence-corrected chi connectivity index (χ3v) is 7.93. The highest BCUT2D eigenvalue weighted by Crippen LogP contribution is 2.39. The van der Waals surface area contributed by atoms with Crippen molar-refractivity contribution >= 4 is 29.7 Å². The van der Waals surface area contributed by atoms with E-state index in [0.29, 0.717) is 36.2 Å². The largest absolute Gasteiger partial charge is 0.444 e. The molecule has 0 bridgehead atoms. The topological polar surface area (TPSA) is 115 Å². The van der Waals surface area contributed by atoms with Crippen molar-refractivity contribution in [1.82, 2.24) is 24.8 Å². The maximum Gasteiger partial charge on any atom is 0.410 e. The zero-order chi connectivity index (χ0) is 32.9. The van der Waals surface area contributed by atoms with Crippen LogP contribution in [0.3, 0.4) is 0 Å². The first-order valence-electron chi connectivity index (χ1n) is 15.2. The van der Waals surface area contributed by atoms with Gasteiger partial charge in [0, 0.05) is 50.6 Å². The first-order valence-corrected chi connectivity index (χ1v) is 15.6. The number of carbonyl (C=O) groups is 2. The van der Waals surface area contributed by atoms with Crippen molar-refractivity contribution in [3.63, 3.8) is 0 Å². The number of nitrogens with zero attached hydrogens (tertiary/aromatic N) is 4. The number of halogens is 1. The highest BCUT2D eigenvalue weighted by Gasteiger charge is 2.29. The van der Waals surface area contributed by atoms with Crippen LogP contribution in [0.5, 0.6) is 0 Å². The van der Waals surface area contributed by atoms with Gasteiger partial charge in [-0.05, 0) is 51.0 Å². The maximum absolute atomic E-state index is 12.0. The molecule has 0 atom stereocenters. The number of benzene rings is 2. The van der Waals surface area contributed by atoms with Crippen molar-refractivity contribution in [1.29, 1.82) is 0 Å². The van der Waals surface area contributed by atoms with Gasteiger partial charge < -0.3 is 29.3 Å². The van der Waals surface area contributed by atoms with Crippen molar-refractivity contribution in [2.24, 2.45) is 7.05 Å². The number of ether oxygens (including phenoxy) is 1. The first-order chi connectivity index (χ1) is 21.5. The number of rotatable bonds is 4. The van der Waals surface area contributed by atoms with E-state index in [1.807, 2.05) is 73.0 Å². The maximum atomic E-state index is 12.0. The molecule has 1 amide bonds. The SMILES string of the molecule is CC.CNc1cccc(-c2cccc(-c3nc4c(o3)CNC4)c2Cl)c1C.Cn1c(C=O)nc2c1CCN(C(=O)OC(C)(C)C)C2. The number of carbonyl (C=O) groups excluding carboxylic acids is 2. The Balaban J connectivity index is 0.000000200. The molecule has 0 unspecified atom stereocenters. The molecule has 0 radical (unpaired) electrons. The minimum Gasteiger partial charge on any atom is -0.444 e. The van der Waals surface area contributed by atoms with Gasteiger partial charge in [0.05, 0.1) is 35.1 Å². The van der Waals surface area contributed by atoms with Gasteiger partial charge in [0.15, 0.2) is 12.1 Å². The number of hydrogen-bond donors (Lipinski definition) is 2. The number of imidazole rings is 1. The van der Waals surface area contributed by atoms with E-state index in [2.05, 4.69) is 39.7 Å². The summed E-state index contributed by atoms with van der Waals surface area (Å²) in [6.45, 7) is 14.1. The molecule has 10 nitrogen and oxygen atoms in total. The van der Waals surface area contributed by atoms with Gasteiger partial charge in [0.25, 0.3) is 0 Å². The Bertz CT molecular complexity index is 1650. The van der Waals surface area contributed by atoms with Crippen LogP contribution in [0.25, 0.3) is 22.6 Å². The lowest BCUT2D eigenvalue weighted by molar-refractivity contribution is 0.0220. The summed E-state index contributed by atoms with van der Waals surface area (Å²) in [5.74, 6) is 1.90. The molecule has 0 saturated heterocycles. The summed E-state index contributed by atoms with van der Waals surface area (Å²) < 4.78 is 13.0. The fourth-order valence-electron chi connectivity index (χ4n) is 5.31. The Hall–Kier alpha value is -4.15. The minimum atomic E-state index is -0.505. The van der Waals surface area contributed by atoms with Crippen LogP contribution in [0.15, 0.2) is 40.8 Å². The van der Waals surface area contributed by atoms with Crippen LogP contribution in [-0.4, -0.2) is 51.0 Å². The Labute approximate surface area is 270 Å². The molecule has 11 heteroatoms. The number of aldehydes is 1. The quantitative estimate of drug-likeness (QED) is 0.227. The van der Waals surface area contributed by atoms with Gasteiger partial charge in [-0.1, -0.05) is 49.7 Å². The van der Waals surface area contributed by atoms with Crippen molar-refractivity contribution in [3.05, 3.63) is 75.7 Å². The van der Waals surface area contributed by atoms with Crippen LogP contribution in [0, 0.1) is 6.92 Å². The lowest BCUT2D eigenvalue weighted by atomic mass is 9.97. The molecule has 2 aliphatic rings. The van der Waals surface area contributed by atoms with Crippen LogP contribution in [-0.2, 0) is 37.8 Å². The summed E-state index contributed by atoms with van der Waals surface area (Å²) in [5.41, 5.74) is 7.44. The van der Waals surface area contributed by atoms with E-state index in [-0.39, 0.29) is 6.09 Å². The summed E-state index contributed by atoms with van der Waals surface area (Å²) >= 11 is 6.73. The summed E-state index contributed by atoms with van der Waals surface area (Å²) in [6, 6.07) is 12.2. The third kappa shape index (κ3) is 7.40. The van der Waals surface area contributed by atoms with Gasteiger partial charge in [0.2, 0.25) is 5.89 Å². The molecular weight excluding hydrogens is 592 g/mol. The van der Waals surface area contributed by atoms with Crippen LogP contribution < -0.4 is 10.6 Å². The molecule has 6 rings (SSSR count). The number of aromatic nitrogens is 3. The van der Waals surface area contributed by atoms with Gasteiger partial charge in [-0.3, -0.25) is 4.79 Å². The number of amides is 1. The summed E-state index contributed by atoms with van der Waals surface area (Å²) in [4.78, 5) is 33.3. The van der Waals surface area contributed by atoms with Gasteiger partial charge >= 0.3 is 6.09 Å². The van der Waals surface area contributed by atoms with Gasteiger partial charge in [0.1, 0.15) is 11.4 Å². The highest BCUT2D eigenvalue weighted by molar-refractivity contribution is 6.36. The van der Waals surface area contributed by atoms with Crippen LogP contribution >= 0.6 is 11.6 Å². The van der Waals surface area contributed by atoms with Gasteiger partial charge in [-0.2, -0.15) is 0 Å². The minimum absolute atomic E-state index is 0.337. The predicted molar refractivity (Wildman–Crippen MR) is 178 cm³/mol. The molecule has 2 aromatic heterocycles. The molecular formula is C34H43ClN6O4. The monoisotopic (exact) mass is 634 g/mol. The standard InChI is InChI=1S/C19H18ClN3O.C13H19N3O3.C2H6/c1-11-12(5-4-8-15(11)21-2)13-6-3-7-14(18(13)20)19-23-16-9-22-10-17(16)24-19;1-13(2,3)19-12(18)16-6-5-10-9(7-16)14-11(8-17)15(10)4;1-2/h3-8,21-22H,9-10H2,1-2H3;8H,5-7H2,1-4H3;1-2H3. The molecule has 240 valence electrons. The number of hydrogen-bond acceptors (Lipinski definition) is 8. The third-order valence-electron chi connectivity index (χ3n) is 7.53. The van der Waals surface area contributed by atoms with E-state index in [1.54, 1.807) is 9.47 Å². The van der Waals surface area contributed by atoms with Crippen molar-refractivity contribution in [2.45, 2.75) is 73.2 Å². The lowest BCUT2D eigenvalue weighted by Crippen LogP contribution is -2.40. The van der Waals surface area contributed by atoms with Gasteiger partial charge in [-0.15, -0.1) is 0 Å². The zero-order valence-electron chi connectivity index (χ0n) is 27.4. The van der Waals surface area contributed by atoms with Gasteiger partial charge in [-0.25, -0.2) is 14.8 Å². The van der Waals surface area contributed by atoms with E-state index in [9.17, 15) is 9.59 Å². The van der Waals surface area contributed by atoms with Crippen LogP contribution in [0.1, 0.15) is 73.6 Å². The average Bonchev–Trinajstić information content (AvgIpc) is 3.72. The molecule has 4 heterocycles. The molecule has 2 aliphatic heterocycles. The summed E-state index contributed by atoms with van der Waals surface area (Å²) in [6.07, 6.45) is 1.08. The highest BCUT2D eigenvalue weighted by atomic mass is 35.5. The van der Waals surface area contributed by atoms with E-state index in [1.165, 1.54) is 0 Å². The Morgan fingerprint density at radius 3 is 2.42 bits per heavy atom. The van der Waals surface area contributed by atoms with Crippen LogP contribution in [0.2, 0.25) is 5.02 Å². The van der Waals surface area contributed by atoms with E-state index in [0.717, 1.165) is 70.2 Å². The Morgan fingerprint density at radius 2 is 1.76 bits per heavy atom. The zero-order valence-corrected chi connectivity index (χ0v) is 28.1. The molecule has 2 N–H and O–H groups in total. The smallest absolute Gasteiger partial charge is 0.410 e. The number of oxazole rings is 1. The molecule has 0 fully saturated rings. The van der Waals surface area contributed by atoms with E-state index >= 15 is 0 Å². The predicted octanol–water partition coefficient (Wildman–Crippen LogP) is 7.17. The first kappa shape index (κ1) is 33.7. The van der Waals surface area contributed by atoms with Crippen molar-refractivity contribution in [3.8, 4) is 22.6 Å². The second kappa shape index (κ2) is 14.3. The van der Waals surface area contributed by atoms with Crippen molar-refractivity contribution < 1.29 is 18.7 Å². The van der Waals surface area contributed by atoms with Crippen LogP contribution in [0.4, 0.5) is 10.5 Å². The number of fused-ring (bicyclic) bond motifs is 2. The molecule has 0 spiro atoms. The molecule has 45 heavy (non-hydrogen) atoms.